The van der Waals surface area contributed by atoms with Crippen LogP contribution in [0.2, 0.25) is 0 Å². The first kappa shape index (κ1) is 16.6. The Morgan fingerprint density at radius 2 is 1.46 bits per heavy atom. The van der Waals surface area contributed by atoms with Crippen LogP contribution in [0.1, 0.15) is 43.2 Å². The number of phenolic OH excluding ortho intramolecular Hbond substituents is 1. The number of phenols is 1. The van der Waals surface area contributed by atoms with Crippen LogP contribution in [0.4, 0.5) is 0 Å². The molecule has 126 valence electrons. The first-order valence-corrected chi connectivity index (χ1v) is 8.72. The van der Waals surface area contributed by atoms with Crippen molar-refractivity contribution >= 4 is 5.57 Å². The predicted octanol–water partition coefficient (Wildman–Crippen LogP) is 4.50. The molecule has 3 heteroatoms. The number of nitrogens with two attached hydrogens (primary N) is 1. The van der Waals surface area contributed by atoms with Gasteiger partial charge in [0.15, 0.2) is 0 Å². The van der Waals surface area contributed by atoms with E-state index in [2.05, 4.69) is 12.1 Å². The highest BCUT2D eigenvalue weighted by molar-refractivity contribution is 5.82. The van der Waals surface area contributed by atoms with E-state index in [0.29, 0.717) is 18.9 Å². The highest BCUT2D eigenvalue weighted by Crippen LogP contribution is 2.36. The third-order valence-electron chi connectivity index (χ3n) is 4.50. The molecular formula is C21H25NO2. The van der Waals surface area contributed by atoms with Crippen molar-refractivity contribution in [3.63, 3.8) is 0 Å². The Bertz CT molecular complexity index is 679. The fourth-order valence-corrected chi connectivity index (χ4v) is 3.33. The predicted molar refractivity (Wildman–Crippen MR) is 98.2 cm³/mol. The first-order valence-electron chi connectivity index (χ1n) is 8.72. The third-order valence-corrected chi connectivity index (χ3v) is 4.50. The van der Waals surface area contributed by atoms with Crippen LogP contribution in [-0.2, 0) is 0 Å². The summed E-state index contributed by atoms with van der Waals surface area (Å²) in [5.74, 6) is 1.15. The molecule has 1 aliphatic carbocycles. The van der Waals surface area contributed by atoms with Crippen molar-refractivity contribution in [3.05, 3.63) is 65.2 Å². The molecule has 0 aliphatic heterocycles. The molecule has 0 saturated heterocycles. The van der Waals surface area contributed by atoms with Gasteiger partial charge in [0.2, 0.25) is 0 Å². The lowest BCUT2D eigenvalue weighted by molar-refractivity contribution is 0.328. The Morgan fingerprint density at radius 1 is 0.875 bits per heavy atom. The minimum absolute atomic E-state index is 0.303. The summed E-state index contributed by atoms with van der Waals surface area (Å²) in [5.41, 5.74) is 10.7. The Kier molecular flexibility index (Phi) is 5.55. The number of ether oxygens (including phenoxy) is 1. The topological polar surface area (TPSA) is 55.5 Å². The SMILES string of the molecule is NCCOc1ccc(C(=C2CCCCC2)c2ccc(O)cc2)cc1. The van der Waals surface area contributed by atoms with Gasteiger partial charge in [-0.2, -0.15) is 0 Å². The van der Waals surface area contributed by atoms with Crippen LogP contribution in [0.25, 0.3) is 5.57 Å². The number of allylic oxidation sites excluding steroid dienone is 1. The molecule has 0 atom stereocenters. The molecular weight excluding hydrogens is 298 g/mol. The van der Waals surface area contributed by atoms with Crippen molar-refractivity contribution in [2.24, 2.45) is 5.73 Å². The van der Waals surface area contributed by atoms with Crippen LogP contribution in [0.3, 0.4) is 0 Å². The summed E-state index contributed by atoms with van der Waals surface area (Å²) >= 11 is 0. The molecule has 1 saturated carbocycles. The molecule has 24 heavy (non-hydrogen) atoms. The molecule has 3 rings (SSSR count). The summed E-state index contributed by atoms with van der Waals surface area (Å²) in [6.07, 6.45) is 6.14. The van der Waals surface area contributed by atoms with E-state index in [1.807, 2.05) is 24.3 Å². The van der Waals surface area contributed by atoms with Crippen LogP contribution >= 0.6 is 0 Å². The zero-order valence-corrected chi connectivity index (χ0v) is 14.0. The quantitative estimate of drug-likeness (QED) is 0.852. The lowest BCUT2D eigenvalue weighted by atomic mass is 9.85. The van der Waals surface area contributed by atoms with E-state index >= 15 is 0 Å². The number of rotatable bonds is 5. The lowest BCUT2D eigenvalue weighted by Crippen LogP contribution is -2.10. The van der Waals surface area contributed by atoms with Crippen LogP contribution in [0, 0.1) is 0 Å². The first-order chi connectivity index (χ1) is 11.8. The summed E-state index contributed by atoms with van der Waals surface area (Å²) in [7, 11) is 0. The van der Waals surface area contributed by atoms with Crippen molar-refractivity contribution < 1.29 is 9.84 Å². The lowest BCUT2D eigenvalue weighted by Gasteiger charge is -2.20. The van der Waals surface area contributed by atoms with Crippen LogP contribution < -0.4 is 10.5 Å². The second kappa shape index (κ2) is 8.02. The van der Waals surface area contributed by atoms with Gasteiger partial charge in [0, 0.05) is 6.54 Å². The number of benzene rings is 2. The summed E-state index contributed by atoms with van der Waals surface area (Å²) < 4.78 is 5.58. The van der Waals surface area contributed by atoms with Gasteiger partial charge in [-0.3, -0.25) is 0 Å². The maximum absolute atomic E-state index is 9.60. The average molecular weight is 323 g/mol. The van der Waals surface area contributed by atoms with Crippen molar-refractivity contribution in [2.45, 2.75) is 32.1 Å². The van der Waals surface area contributed by atoms with Crippen molar-refractivity contribution in [2.75, 3.05) is 13.2 Å². The summed E-state index contributed by atoms with van der Waals surface area (Å²) in [4.78, 5) is 0. The monoisotopic (exact) mass is 323 g/mol. The second-order valence-electron chi connectivity index (χ2n) is 6.25. The second-order valence-corrected chi connectivity index (χ2v) is 6.25. The van der Waals surface area contributed by atoms with Gasteiger partial charge < -0.3 is 15.6 Å². The maximum atomic E-state index is 9.60. The van der Waals surface area contributed by atoms with E-state index in [1.54, 1.807) is 12.1 Å². The van der Waals surface area contributed by atoms with Crippen molar-refractivity contribution in [3.8, 4) is 11.5 Å². The number of hydrogen-bond acceptors (Lipinski definition) is 3. The molecule has 0 heterocycles. The average Bonchev–Trinajstić information content (AvgIpc) is 2.64. The number of hydrogen-bond donors (Lipinski definition) is 2. The number of aromatic hydroxyl groups is 1. The van der Waals surface area contributed by atoms with Gasteiger partial charge in [-0.05, 0) is 66.6 Å². The smallest absolute Gasteiger partial charge is 0.119 e. The van der Waals surface area contributed by atoms with E-state index in [4.69, 9.17) is 10.5 Å². The van der Waals surface area contributed by atoms with Crippen molar-refractivity contribution in [1.82, 2.24) is 0 Å². The van der Waals surface area contributed by atoms with Gasteiger partial charge in [0.05, 0.1) is 0 Å². The fraction of sp³-hybridized carbons (Fsp3) is 0.333. The molecule has 0 spiro atoms. The molecule has 1 aliphatic rings. The van der Waals surface area contributed by atoms with E-state index in [9.17, 15) is 5.11 Å². The molecule has 3 N–H and O–H groups in total. The standard InChI is InChI=1S/C21H25NO2/c22-14-15-24-20-12-8-18(9-13-20)21(16-4-2-1-3-5-16)17-6-10-19(23)11-7-17/h6-13,23H,1-5,14-15,22H2. The van der Waals surface area contributed by atoms with E-state index in [0.717, 1.165) is 18.6 Å². The van der Waals surface area contributed by atoms with E-state index < -0.39 is 0 Å². The Morgan fingerprint density at radius 3 is 2.04 bits per heavy atom. The minimum Gasteiger partial charge on any atom is -0.508 e. The molecule has 0 amide bonds. The van der Waals surface area contributed by atoms with Gasteiger partial charge in [-0.15, -0.1) is 0 Å². The zero-order chi connectivity index (χ0) is 16.8. The van der Waals surface area contributed by atoms with Gasteiger partial charge in [0.25, 0.3) is 0 Å². The van der Waals surface area contributed by atoms with Crippen LogP contribution in [0.5, 0.6) is 11.5 Å². The summed E-state index contributed by atoms with van der Waals surface area (Å²) in [5, 5.41) is 9.60. The summed E-state index contributed by atoms with van der Waals surface area (Å²) in [6, 6.07) is 15.8. The van der Waals surface area contributed by atoms with Gasteiger partial charge in [0.1, 0.15) is 18.1 Å². The molecule has 2 aromatic carbocycles. The molecule has 2 aromatic rings. The van der Waals surface area contributed by atoms with Gasteiger partial charge in [-0.25, -0.2) is 0 Å². The maximum Gasteiger partial charge on any atom is 0.119 e. The fourth-order valence-electron chi connectivity index (χ4n) is 3.33. The largest absolute Gasteiger partial charge is 0.508 e. The van der Waals surface area contributed by atoms with Crippen molar-refractivity contribution in [1.29, 1.82) is 0 Å². The van der Waals surface area contributed by atoms with Gasteiger partial charge in [-0.1, -0.05) is 36.3 Å². The third kappa shape index (κ3) is 3.98. The highest BCUT2D eigenvalue weighted by Gasteiger charge is 2.15. The minimum atomic E-state index is 0.303. The molecule has 0 aromatic heterocycles. The Hall–Kier alpha value is -2.26. The Labute approximate surface area is 143 Å². The highest BCUT2D eigenvalue weighted by atomic mass is 16.5. The van der Waals surface area contributed by atoms with Crippen LogP contribution in [-0.4, -0.2) is 18.3 Å². The molecule has 0 radical (unpaired) electrons. The zero-order valence-electron chi connectivity index (χ0n) is 14.0. The molecule has 3 nitrogen and oxygen atoms in total. The molecule has 0 unspecified atom stereocenters. The van der Waals surface area contributed by atoms with E-state index in [-0.39, 0.29) is 0 Å². The Balaban J connectivity index is 1.96. The molecule has 0 bridgehead atoms. The van der Waals surface area contributed by atoms with Crippen LogP contribution in [0.15, 0.2) is 54.1 Å². The van der Waals surface area contributed by atoms with E-state index in [1.165, 1.54) is 41.5 Å². The van der Waals surface area contributed by atoms with Gasteiger partial charge >= 0.3 is 0 Å². The summed E-state index contributed by atoms with van der Waals surface area (Å²) in [6.45, 7) is 1.05. The normalized spacial score (nSPS) is 14.5. The molecule has 1 fully saturated rings.